The van der Waals surface area contributed by atoms with Crippen LogP contribution in [0.15, 0.2) is 23.1 Å². The highest BCUT2D eigenvalue weighted by molar-refractivity contribution is 6.30. The van der Waals surface area contributed by atoms with E-state index in [0.717, 1.165) is 4.57 Å². The fraction of sp³-hybridized carbons (Fsp3) is 0.429. The number of halogens is 1. The van der Waals surface area contributed by atoms with E-state index in [1.165, 1.54) is 32.2 Å². The molecule has 23 heavy (non-hydrogen) atoms. The highest BCUT2D eigenvalue weighted by Crippen LogP contribution is 2.16. The summed E-state index contributed by atoms with van der Waals surface area (Å²) in [6, 6.07) is 1.31. The van der Waals surface area contributed by atoms with E-state index in [0.29, 0.717) is 0 Å². The maximum atomic E-state index is 12.4. The van der Waals surface area contributed by atoms with Crippen LogP contribution in [0.5, 0.6) is 0 Å². The fourth-order valence-corrected chi connectivity index (χ4v) is 2.05. The van der Waals surface area contributed by atoms with Crippen LogP contribution in [0.1, 0.15) is 26.7 Å². The van der Waals surface area contributed by atoms with Crippen molar-refractivity contribution in [2.24, 2.45) is 5.73 Å². The molecule has 0 aliphatic carbocycles. The molecular formula is C14H18ClN3O5. The molecule has 1 heterocycles. The molecule has 1 atom stereocenters. The van der Waals surface area contributed by atoms with E-state index in [-0.39, 0.29) is 17.9 Å². The smallest absolute Gasteiger partial charge is 0.326 e. The summed E-state index contributed by atoms with van der Waals surface area (Å²) < 4.78 is 1.11. The lowest BCUT2D eigenvalue weighted by atomic mass is 10.0. The number of rotatable bonds is 7. The summed E-state index contributed by atoms with van der Waals surface area (Å²) in [5.41, 5.74) is 3.15. The molecule has 0 saturated heterocycles. The van der Waals surface area contributed by atoms with Gasteiger partial charge in [-0.1, -0.05) is 11.6 Å². The van der Waals surface area contributed by atoms with E-state index in [2.05, 4.69) is 5.32 Å². The van der Waals surface area contributed by atoms with E-state index in [1.807, 2.05) is 0 Å². The van der Waals surface area contributed by atoms with Crippen LogP contribution in [-0.2, 0) is 19.9 Å². The standard InChI is InChI=1S/C14H18ClN3O5/c1-14(2,18-7-8(15)3-6-11(18)20)13(23)17-9(12(21)22)4-5-10(16)19/h3,6-7,9H,4-5H2,1-2H3,(H2,16,19)(H,17,23)(H,21,22). The summed E-state index contributed by atoms with van der Waals surface area (Å²) in [7, 11) is 0. The van der Waals surface area contributed by atoms with Gasteiger partial charge in [0.25, 0.3) is 5.56 Å². The normalized spacial score (nSPS) is 12.5. The Bertz CT molecular complexity index is 683. The van der Waals surface area contributed by atoms with E-state index < -0.39 is 34.9 Å². The van der Waals surface area contributed by atoms with Gasteiger partial charge in [0, 0.05) is 18.7 Å². The van der Waals surface area contributed by atoms with Crippen molar-refractivity contribution in [3.63, 3.8) is 0 Å². The summed E-state index contributed by atoms with van der Waals surface area (Å²) in [5, 5.41) is 11.7. The number of primary amides is 1. The maximum absolute atomic E-state index is 12.4. The molecule has 0 saturated carbocycles. The maximum Gasteiger partial charge on any atom is 0.326 e. The summed E-state index contributed by atoms with van der Waals surface area (Å²) in [6.07, 6.45) is 0.967. The average molecular weight is 344 g/mol. The quantitative estimate of drug-likeness (QED) is 0.644. The molecule has 0 aromatic carbocycles. The first-order chi connectivity index (χ1) is 10.6. The Kier molecular flexibility index (Phi) is 5.91. The zero-order chi connectivity index (χ0) is 17.8. The van der Waals surface area contributed by atoms with Crippen LogP contribution in [0, 0.1) is 0 Å². The van der Waals surface area contributed by atoms with Crippen molar-refractivity contribution in [3.05, 3.63) is 33.7 Å². The van der Waals surface area contributed by atoms with Gasteiger partial charge in [0.2, 0.25) is 11.8 Å². The molecule has 4 N–H and O–H groups in total. The van der Waals surface area contributed by atoms with Crippen molar-refractivity contribution >= 4 is 29.4 Å². The van der Waals surface area contributed by atoms with Gasteiger partial charge in [0.05, 0.1) is 5.02 Å². The van der Waals surface area contributed by atoms with E-state index in [9.17, 15) is 19.2 Å². The highest BCUT2D eigenvalue weighted by atomic mass is 35.5. The number of amides is 2. The molecule has 8 nitrogen and oxygen atoms in total. The number of carboxylic acid groups (broad SMARTS) is 1. The Labute approximate surface area is 137 Å². The third-order valence-electron chi connectivity index (χ3n) is 3.32. The van der Waals surface area contributed by atoms with Gasteiger partial charge in [-0.05, 0) is 26.3 Å². The zero-order valence-electron chi connectivity index (χ0n) is 12.7. The number of carboxylic acids is 1. The summed E-state index contributed by atoms with van der Waals surface area (Å²) >= 11 is 5.83. The number of nitrogens with two attached hydrogens (primary N) is 1. The third kappa shape index (κ3) is 4.82. The molecule has 2 amide bonds. The molecule has 0 bridgehead atoms. The Balaban J connectivity index is 3.00. The molecule has 0 spiro atoms. The largest absolute Gasteiger partial charge is 0.480 e. The highest BCUT2D eigenvalue weighted by Gasteiger charge is 2.33. The molecule has 1 aromatic rings. The molecule has 0 aliphatic heterocycles. The van der Waals surface area contributed by atoms with Crippen LogP contribution in [0.2, 0.25) is 5.02 Å². The molecule has 126 valence electrons. The molecule has 1 rings (SSSR count). The number of hydrogen-bond acceptors (Lipinski definition) is 4. The summed E-state index contributed by atoms with van der Waals surface area (Å²) in [6.45, 7) is 2.90. The van der Waals surface area contributed by atoms with Gasteiger partial charge >= 0.3 is 5.97 Å². The van der Waals surface area contributed by atoms with Crippen LogP contribution in [0.3, 0.4) is 0 Å². The average Bonchev–Trinajstić information content (AvgIpc) is 2.44. The number of nitrogens with zero attached hydrogens (tertiary/aromatic N) is 1. The summed E-state index contributed by atoms with van der Waals surface area (Å²) in [4.78, 5) is 46.2. The Morgan fingerprint density at radius 2 is 2.00 bits per heavy atom. The minimum Gasteiger partial charge on any atom is -0.480 e. The number of carbonyl (C=O) groups is 3. The number of aliphatic carboxylic acids is 1. The molecule has 0 aliphatic rings. The van der Waals surface area contributed by atoms with E-state index in [4.69, 9.17) is 22.4 Å². The van der Waals surface area contributed by atoms with Crippen molar-refractivity contribution in [1.29, 1.82) is 0 Å². The minimum atomic E-state index is -1.37. The minimum absolute atomic E-state index is 0.142. The van der Waals surface area contributed by atoms with Gasteiger partial charge in [-0.3, -0.25) is 19.0 Å². The molecule has 1 unspecified atom stereocenters. The lowest BCUT2D eigenvalue weighted by molar-refractivity contribution is -0.143. The third-order valence-corrected chi connectivity index (χ3v) is 3.54. The van der Waals surface area contributed by atoms with Crippen LogP contribution >= 0.6 is 11.6 Å². The van der Waals surface area contributed by atoms with Crippen molar-refractivity contribution in [3.8, 4) is 0 Å². The Morgan fingerprint density at radius 1 is 1.39 bits per heavy atom. The molecular weight excluding hydrogens is 326 g/mol. The number of carbonyl (C=O) groups excluding carboxylic acids is 2. The lowest BCUT2D eigenvalue weighted by Gasteiger charge is -2.28. The Morgan fingerprint density at radius 3 is 2.52 bits per heavy atom. The van der Waals surface area contributed by atoms with Crippen molar-refractivity contribution in [2.75, 3.05) is 0 Å². The first-order valence-electron chi connectivity index (χ1n) is 6.76. The number of aromatic nitrogens is 1. The zero-order valence-corrected chi connectivity index (χ0v) is 13.5. The Hall–Kier alpha value is -2.35. The first kappa shape index (κ1) is 18.7. The number of nitrogens with one attached hydrogen (secondary N) is 1. The second-order valence-corrected chi connectivity index (χ2v) is 5.92. The summed E-state index contributed by atoms with van der Waals surface area (Å²) in [5.74, 6) is -2.66. The van der Waals surface area contributed by atoms with Crippen molar-refractivity contribution < 1.29 is 19.5 Å². The van der Waals surface area contributed by atoms with Crippen LogP contribution in [-0.4, -0.2) is 33.5 Å². The van der Waals surface area contributed by atoms with E-state index in [1.54, 1.807) is 0 Å². The van der Waals surface area contributed by atoms with Crippen LogP contribution in [0.4, 0.5) is 0 Å². The second kappa shape index (κ2) is 7.28. The monoisotopic (exact) mass is 343 g/mol. The predicted molar refractivity (Wildman–Crippen MR) is 83.0 cm³/mol. The number of hydrogen-bond donors (Lipinski definition) is 3. The SMILES string of the molecule is CC(C)(C(=O)NC(CCC(N)=O)C(=O)O)n1cc(Cl)ccc1=O. The molecule has 0 fully saturated rings. The van der Waals surface area contributed by atoms with Gasteiger partial charge in [0.1, 0.15) is 11.6 Å². The van der Waals surface area contributed by atoms with Gasteiger partial charge in [0.15, 0.2) is 0 Å². The van der Waals surface area contributed by atoms with E-state index >= 15 is 0 Å². The predicted octanol–water partition coefficient (Wildman–Crippen LogP) is 0.0717. The van der Waals surface area contributed by atoms with Crippen molar-refractivity contribution in [1.82, 2.24) is 9.88 Å². The molecule has 1 aromatic heterocycles. The topological polar surface area (TPSA) is 131 Å². The van der Waals surface area contributed by atoms with Crippen molar-refractivity contribution in [2.45, 2.75) is 38.3 Å². The lowest BCUT2D eigenvalue weighted by Crippen LogP contribution is -2.53. The van der Waals surface area contributed by atoms with Crippen LogP contribution < -0.4 is 16.6 Å². The first-order valence-corrected chi connectivity index (χ1v) is 7.14. The van der Waals surface area contributed by atoms with Gasteiger partial charge in [-0.2, -0.15) is 0 Å². The van der Waals surface area contributed by atoms with Gasteiger partial charge in [-0.25, -0.2) is 4.79 Å². The second-order valence-electron chi connectivity index (χ2n) is 5.48. The van der Waals surface area contributed by atoms with Crippen LogP contribution in [0.25, 0.3) is 0 Å². The number of pyridine rings is 1. The molecule has 0 radical (unpaired) electrons. The fourth-order valence-electron chi connectivity index (χ4n) is 1.89. The van der Waals surface area contributed by atoms with Gasteiger partial charge < -0.3 is 16.2 Å². The molecule has 9 heteroatoms. The van der Waals surface area contributed by atoms with Gasteiger partial charge in [-0.15, -0.1) is 0 Å².